The molecule has 0 bridgehead atoms. The Labute approximate surface area is 159 Å². The molecule has 1 saturated carbocycles. The van der Waals surface area contributed by atoms with Crippen molar-refractivity contribution in [2.24, 2.45) is 0 Å². The van der Waals surface area contributed by atoms with E-state index in [9.17, 15) is 4.79 Å². The summed E-state index contributed by atoms with van der Waals surface area (Å²) in [5.41, 5.74) is 2.02. The van der Waals surface area contributed by atoms with E-state index in [1.807, 2.05) is 23.1 Å². The van der Waals surface area contributed by atoms with Crippen molar-refractivity contribution in [1.29, 1.82) is 0 Å². The lowest BCUT2D eigenvalue weighted by Crippen LogP contribution is -2.43. The molecule has 6 nitrogen and oxygen atoms in total. The maximum atomic E-state index is 12.3. The third-order valence-corrected chi connectivity index (χ3v) is 6.20. The van der Waals surface area contributed by atoms with E-state index in [1.54, 1.807) is 7.11 Å². The van der Waals surface area contributed by atoms with E-state index in [2.05, 4.69) is 22.0 Å². The van der Waals surface area contributed by atoms with Crippen LogP contribution in [0.15, 0.2) is 30.3 Å². The third-order valence-electron chi connectivity index (χ3n) is 6.20. The number of ether oxygens (including phenoxy) is 2. The summed E-state index contributed by atoms with van der Waals surface area (Å²) in [6, 6.07) is 10.8. The second kappa shape index (κ2) is 6.68. The van der Waals surface area contributed by atoms with Crippen molar-refractivity contribution < 1.29 is 14.3 Å². The Morgan fingerprint density at radius 3 is 2.85 bits per heavy atom. The Bertz CT molecular complexity index is 865. The molecule has 27 heavy (non-hydrogen) atoms. The van der Waals surface area contributed by atoms with E-state index in [0.717, 1.165) is 48.9 Å². The van der Waals surface area contributed by atoms with Crippen LogP contribution in [0.3, 0.4) is 0 Å². The predicted molar refractivity (Wildman–Crippen MR) is 102 cm³/mol. The summed E-state index contributed by atoms with van der Waals surface area (Å²) >= 11 is 0. The first kappa shape index (κ1) is 16.8. The zero-order valence-electron chi connectivity index (χ0n) is 15.6. The average molecular weight is 367 g/mol. The first-order chi connectivity index (χ1) is 13.2. The van der Waals surface area contributed by atoms with Crippen molar-refractivity contribution in [3.63, 3.8) is 0 Å². The lowest BCUT2D eigenvalue weighted by atomic mass is 10.1. The molecule has 1 aliphatic carbocycles. The van der Waals surface area contributed by atoms with Crippen LogP contribution < -0.4 is 4.74 Å². The molecule has 6 heteroatoms. The van der Waals surface area contributed by atoms with Crippen LogP contribution in [0.1, 0.15) is 31.2 Å². The fraction of sp³-hybridized carbons (Fsp3) is 0.524. The lowest BCUT2D eigenvalue weighted by molar-refractivity contribution is 0.113. The molecule has 3 aliphatic rings. The predicted octanol–water partition coefficient (Wildman–Crippen LogP) is 3.19. The normalized spacial score (nSPS) is 26.0. The van der Waals surface area contributed by atoms with Gasteiger partial charge in [0.25, 0.3) is 0 Å². The monoisotopic (exact) mass is 367 g/mol. The number of carbonyl (C=O) groups excluding carboxylic acids is 1. The largest absolute Gasteiger partial charge is 0.481 e. The zero-order chi connectivity index (χ0) is 18.4. The summed E-state index contributed by atoms with van der Waals surface area (Å²) < 4.78 is 11.2. The molecular weight excluding hydrogens is 342 g/mol. The summed E-state index contributed by atoms with van der Waals surface area (Å²) in [6.07, 6.45) is 4.53. The lowest BCUT2D eigenvalue weighted by Gasteiger charge is -2.27. The molecule has 0 N–H and O–H groups in total. The minimum absolute atomic E-state index is 0.0162. The van der Waals surface area contributed by atoms with Crippen LogP contribution in [0.2, 0.25) is 0 Å². The molecule has 1 aromatic carbocycles. The maximum absolute atomic E-state index is 12.3. The van der Waals surface area contributed by atoms with Gasteiger partial charge in [-0.3, -0.25) is 9.80 Å². The van der Waals surface area contributed by atoms with Gasteiger partial charge in [-0.05, 0) is 25.0 Å². The van der Waals surface area contributed by atoms with Crippen molar-refractivity contribution in [3.05, 3.63) is 35.9 Å². The number of nitrogens with zero attached hydrogens (tertiary/aromatic N) is 3. The Kier molecular flexibility index (Phi) is 4.16. The van der Waals surface area contributed by atoms with Crippen LogP contribution in [-0.2, 0) is 11.3 Å². The molecule has 2 aliphatic heterocycles. The van der Waals surface area contributed by atoms with Crippen LogP contribution >= 0.6 is 0 Å². The number of rotatable bonds is 4. The smallest absolute Gasteiger partial charge is 0.410 e. The van der Waals surface area contributed by atoms with Crippen molar-refractivity contribution in [1.82, 2.24) is 14.8 Å². The van der Waals surface area contributed by atoms with Gasteiger partial charge in [-0.15, -0.1) is 0 Å². The molecule has 0 unspecified atom stereocenters. The maximum Gasteiger partial charge on any atom is 0.410 e. The molecule has 0 radical (unpaired) electrons. The van der Waals surface area contributed by atoms with Crippen LogP contribution in [0.5, 0.6) is 5.88 Å². The van der Waals surface area contributed by atoms with Gasteiger partial charge in [0.05, 0.1) is 18.7 Å². The quantitative estimate of drug-likeness (QED) is 0.831. The van der Waals surface area contributed by atoms with E-state index in [-0.39, 0.29) is 18.2 Å². The van der Waals surface area contributed by atoms with Gasteiger partial charge in [0.15, 0.2) is 0 Å². The highest BCUT2D eigenvalue weighted by atomic mass is 16.6. The Morgan fingerprint density at radius 2 is 2.04 bits per heavy atom. The minimum atomic E-state index is -0.110. The van der Waals surface area contributed by atoms with Crippen molar-refractivity contribution in [3.8, 4) is 5.88 Å². The number of benzene rings is 1. The van der Waals surface area contributed by atoms with E-state index in [0.29, 0.717) is 11.9 Å². The van der Waals surface area contributed by atoms with Gasteiger partial charge in [0.2, 0.25) is 5.88 Å². The third kappa shape index (κ3) is 2.92. The van der Waals surface area contributed by atoms with Gasteiger partial charge >= 0.3 is 6.09 Å². The molecule has 5 rings (SSSR count). The molecule has 3 fully saturated rings. The van der Waals surface area contributed by atoms with Crippen LogP contribution in [0.25, 0.3) is 10.9 Å². The summed E-state index contributed by atoms with van der Waals surface area (Å²) in [5, 5.41) is 1.12. The van der Waals surface area contributed by atoms with Gasteiger partial charge in [0, 0.05) is 36.6 Å². The number of para-hydroxylation sites is 1. The second-order valence-electron chi connectivity index (χ2n) is 7.88. The topological polar surface area (TPSA) is 54.9 Å². The molecule has 2 atom stereocenters. The second-order valence-corrected chi connectivity index (χ2v) is 7.88. The Hall–Kier alpha value is -2.34. The van der Waals surface area contributed by atoms with Gasteiger partial charge in [0.1, 0.15) is 6.10 Å². The average Bonchev–Trinajstić information content (AvgIpc) is 3.37. The first-order valence-electron chi connectivity index (χ1n) is 9.87. The summed E-state index contributed by atoms with van der Waals surface area (Å²) in [6.45, 7) is 2.38. The number of amides is 1. The molecule has 1 aromatic heterocycles. The number of carbonyl (C=O) groups is 1. The highest BCUT2D eigenvalue weighted by Crippen LogP contribution is 2.35. The van der Waals surface area contributed by atoms with Crippen LogP contribution in [0.4, 0.5) is 4.79 Å². The van der Waals surface area contributed by atoms with Gasteiger partial charge in [-0.25, -0.2) is 9.78 Å². The minimum Gasteiger partial charge on any atom is -0.481 e. The van der Waals surface area contributed by atoms with E-state index < -0.39 is 0 Å². The first-order valence-corrected chi connectivity index (χ1v) is 9.87. The molecule has 1 amide bonds. The molecule has 0 spiro atoms. The van der Waals surface area contributed by atoms with Crippen molar-refractivity contribution in [2.45, 2.75) is 50.4 Å². The number of methoxy groups -OCH3 is 1. The highest BCUT2D eigenvalue weighted by Gasteiger charge is 2.50. The zero-order valence-corrected chi connectivity index (χ0v) is 15.6. The molecule has 2 aromatic rings. The molecule has 2 saturated heterocycles. The standard InChI is InChI=1S/C21H25N3O3/c1-26-20-15(10-14-6-2-5-9-17(14)22-20)11-23-12-18-19(13-23)27-21(25)24(18)16-7-3-4-8-16/h2,5-6,9-10,16,18-19H,3-4,7-8,11-13H2,1H3/t18-,19+/m0/s1. The van der Waals surface area contributed by atoms with Crippen molar-refractivity contribution in [2.75, 3.05) is 20.2 Å². The number of likely N-dealkylation sites (tertiary alicyclic amines) is 1. The molecule has 3 heterocycles. The number of aromatic nitrogens is 1. The van der Waals surface area contributed by atoms with E-state index >= 15 is 0 Å². The number of hydrogen-bond acceptors (Lipinski definition) is 5. The summed E-state index contributed by atoms with van der Waals surface area (Å²) in [5.74, 6) is 0.676. The van der Waals surface area contributed by atoms with Gasteiger partial charge in [-0.2, -0.15) is 0 Å². The fourth-order valence-corrected chi connectivity index (χ4v) is 4.95. The van der Waals surface area contributed by atoms with Crippen molar-refractivity contribution >= 4 is 17.0 Å². The number of pyridine rings is 1. The Balaban J connectivity index is 1.35. The molecule has 142 valence electrons. The van der Waals surface area contributed by atoms with E-state index in [4.69, 9.17) is 9.47 Å². The van der Waals surface area contributed by atoms with Crippen LogP contribution in [0, 0.1) is 0 Å². The summed E-state index contributed by atoms with van der Waals surface area (Å²) in [4.78, 5) is 21.4. The number of hydrogen-bond donors (Lipinski definition) is 0. The molecular formula is C21H25N3O3. The summed E-state index contributed by atoms with van der Waals surface area (Å²) in [7, 11) is 1.67. The SMILES string of the molecule is COc1nc2ccccc2cc1CN1C[C@H]2OC(=O)N(C3CCCC3)[C@H]2C1. The Morgan fingerprint density at radius 1 is 1.22 bits per heavy atom. The highest BCUT2D eigenvalue weighted by molar-refractivity contribution is 5.80. The fourth-order valence-electron chi connectivity index (χ4n) is 4.95. The van der Waals surface area contributed by atoms with Crippen LogP contribution in [-0.4, -0.2) is 59.3 Å². The van der Waals surface area contributed by atoms with E-state index in [1.165, 1.54) is 12.8 Å². The number of fused-ring (bicyclic) bond motifs is 2. The van der Waals surface area contributed by atoms with Gasteiger partial charge in [-0.1, -0.05) is 31.0 Å². The van der Waals surface area contributed by atoms with Gasteiger partial charge < -0.3 is 9.47 Å².